The van der Waals surface area contributed by atoms with E-state index < -0.39 is 11.8 Å². The monoisotopic (exact) mass is 513 g/mol. The number of hydrogen-bond donors (Lipinski definition) is 3. The summed E-state index contributed by atoms with van der Waals surface area (Å²) >= 11 is 0. The third kappa shape index (κ3) is 4.05. The number of aliphatic hydroxyl groups is 2. The summed E-state index contributed by atoms with van der Waals surface area (Å²) in [7, 11) is 1.93. The number of amides is 2. The summed E-state index contributed by atoms with van der Waals surface area (Å²) in [5.74, 6) is -0.769. The maximum absolute atomic E-state index is 13.3. The number of para-hydroxylation sites is 2. The third-order valence-corrected chi connectivity index (χ3v) is 7.96. The fourth-order valence-electron chi connectivity index (χ4n) is 6.13. The van der Waals surface area contributed by atoms with Gasteiger partial charge in [0.25, 0.3) is 11.8 Å². The van der Waals surface area contributed by atoms with Crippen molar-refractivity contribution in [2.75, 3.05) is 13.2 Å². The van der Waals surface area contributed by atoms with Gasteiger partial charge in [-0.05, 0) is 31.4 Å². The van der Waals surface area contributed by atoms with Crippen molar-refractivity contribution in [3.63, 3.8) is 0 Å². The van der Waals surface area contributed by atoms with Crippen LogP contribution in [0, 0.1) is 5.92 Å². The highest BCUT2D eigenvalue weighted by Crippen LogP contribution is 2.39. The Labute approximate surface area is 220 Å². The second kappa shape index (κ2) is 9.87. The number of carbonyl (C=O) groups excluding carboxylic acids is 2. The average molecular weight is 514 g/mol. The first-order chi connectivity index (χ1) is 18.5. The lowest BCUT2D eigenvalue weighted by molar-refractivity contribution is -0.122. The Balaban J connectivity index is 1.48. The molecule has 2 aliphatic rings. The predicted molar refractivity (Wildman–Crippen MR) is 145 cm³/mol. The van der Waals surface area contributed by atoms with E-state index in [-0.39, 0.29) is 31.3 Å². The van der Waals surface area contributed by atoms with Crippen LogP contribution in [0.4, 0.5) is 0 Å². The molecule has 0 saturated carbocycles. The normalized spacial score (nSPS) is 20.7. The molecule has 6 rings (SSSR count). The van der Waals surface area contributed by atoms with Crippen molar-refractivity contribution in [3.8, 4) is 0 Å². The number of benzene rings is 2. The number of rotatable bonds is 8. The van der Waals surface area contributed by atoms with Crippen LogP contribution in [-0.4, -0.2) is 56.6 Å². The van der Waals surface area contributed by atoms with E-state index in [1.807, 2.05) is 72.5 Å². The van der Waals surface area contributed by atoms with Crippen LogP contribution >= 0.6 is 0 Å². The first kappa shape index (κ1) is 24.6. The largest absolute Gasteiger partial charge is 0.396 e. The molecule has 2 amide bonds. The number of aryl methyl sites for hydroxylation is 1. The van der Waals surface area contributed by atoms with Crippen LogP contribution in [0.25, 0.3) is 33.0 Å². The number of carbonyl (C=O) groups is 2. The summed E-state index contributed by atoms with van der Waals surface area (Å²) in [5.41, 5.74) is 4.11. The van der Waals surface area contributed by atoms with Crippen molar-refractivity contribution in [1.82, 2.24) is 14.5 Å². The molecule has 0 bridgehead atoms. The minimum Gasteiger partial charge on any atom is -0.396 e. The van der Waals surface area contributed by atoms with Crippen molar-refractivity contribution in [2.24, 2.45) is 13.0 Å². The molecule has 1 unspecified atom stereocenters. The van der Waals surface area contributed by atoms with Gasteiger partial charge < -0.3 is 24.1 Å². The first-order valence-electron chi connectivity index (χ1n) is 13.1. The van der Waals surface area contributed by atoms with E-state index in [1.54, 1.807) is 0 Å². The minimum atomic E-state index is -0.405. The summed E-state index contributed by atoms with van der Waals surface area (Å²) < 4.78 is 10.1. The SMILES string of the molecule is Cn1cc(C2=C(c3cn(CC(CCO)[C@H]4CC[C@@H](CO)O4)c4ccccc34)C(=O)NC2=O)c2ccccc21. The van der Waals surface area contributed by atoms with E-state index in [9.17, 15) is 19.8 Å². The van der Waals surface area contributed by atoms with Gasteiger partial charge in [0.05, 0.1) is 30.0 Å². The molecule has 0 spiro atoms. The number of nitrogens with zero attached hydrogens (tertiary/aromatic N) is 2. The molecule has 4 aromatic rings. The molecule has 38 heavy (non-hydrogen) atoms. The molecule has 3 N–H and O–H groups in total. The van der Waals surface area contributed by atoms with E-state index in [0.29, 0.717) is 29.7 Å². The maximum atomic E-state index is 13.3. The topological polar surface area (TPSA) is 106 Å². The van der Waals surface area contributed by atoms with E-state index in [2.05, 4.69) is 9.88 Å². The fourth-order valence-corrected chi connectivity index (χ4v) is 6.13. The summed E-state index contributed by atoms with van der Waals surface area (Å²) in [6.07, 6.45) is 5.81. The molecule has 8 nitrogen and oxygen atoms in total. The third-order valence-electron chi connectivity index (χ3n) is 7.96. The lowest BCUT2D eigenvalue weighted by atomic mass is 9.95. The molecule has 8 heteroatoms. The number of hydrogen-bond acceptors (Lipinski definition) is 5. The molecule has 0 aliphatic carbocycles. The number of aliphatic hydroxyl groups excluding tert-OH is 2. The van der Waals surface area contributed by atoms with Crippen LogP contribution in [0.5, 0.6) is 0 Å². The highest BCUT2D eigenvalue weighted by atomic mass is 16.5. The number of imide groups is 1. The second-order valence-corrected chi connectivity index (χ2v) is 10.2. The molecule has 3 atom stereocenters. The standard InChI is InChI=1S/C30H31N3O5/c1-32-15-22(20-6-2-4-8-24(20)32)27-28(30(37)31-29(27)36)23-16-33(25-9-5-3-7-21(23)25)14-18(12-13-34)26-11-10-19(17-35)38-26/h2-9,15-16,18-19,26,34-35H,10-14,17H2,1H3,(H,31,36,37)/t18?,19-,26+/m0/s1. The molecule has 196 valence electrons. The van der Waals surface area contributed by atoms with Crippen LogP contribution in [0.1, 0.15) is 30.4 Å². The highest BCUT2D eigenvalue weighted by Gasteiger charge is 2.36. The van der Waals surface area contributed by atoms with E-state index in [1.165, 1.54) is 0 Å². The van der Waals surface area contributed by atoms with Crippen molar-refractivity contribution >= 4 is 44.8 Å². The van der Waals surface area contributed by atoms with Gasteiger partial charge in [0.2, 0.25) is 0 Å². The zero-order valence-electron chi connectivity index (χ0n) is 21.3. The van der Waals surface area contributed by atoms with Gasteiger partial charge in [-0.1, -0.05) is 36.4 Å². The van der Waals surface area contributed by atoms with Crippen molar-refractivity contribution < 1.29 is 24.5 Å². The van der Waals surface area contributed by atoms with Crippen molar-refractivity contribution in [3.05, 3.63) is 72.1 Å². The minimum absolute atomic E-state index is 0.00676. The smallest absolute Gasteiger partial charge is 0.259 e. The van der Waals surface area contributed by atoms with Gasteiger partial charge in [0.1, 0.15) is 0 Å². The predicted octanol–water partition coefficient (Wildman–Crippen LogP) is 3.24. The van der Waals surface area contributed by atoms with Gasteiger partial charge in [-0.3, -0.25) is 14.9 Å². The molecular formula is C30H31N3O5. The van der Waals surface area contributed by atoms with Gasteiger partial charge >= 0.3 is 0 Å². The summed E-state index contributed by atoms with van der Waals surface area (Å²) in [4.78, 5) is 26.5. The Kier molecular flexibility index (Phi) is 6.39. The summed E-state index contributed by atoms with van der Waals surface area (Å²) in [6, 6.07) is 15.7. The summed E-state index contributed by atoms with van der Waals surface area (Å²) in [5, 5.41) is 23.6. The van der Waals surface area contributed by atoms with Gasteiger partial charge in [0, 0.05) is 71.4 Å². The van der Waals surface area contributed by atoms with E-state index in [0.717, 1.165) is 40.2 Å². The number of ether oxygens (including phenoxy) is 1. The van der Waals surface area contributed by atoms with Crippen LogP contribution in [0.3, 0.4) is 0 Å². The molecule has 0 radical (unpaired) electrons. The Morgan fingerprint density at radius 3 is 2.21 bits per heavy atom. The lowest BCUT2D eigenvalue weighted by Crippen LogP contribution is -2.27. The average Bonchev–Trinajstić information content (AvgIpc) is 3.68. The lowest BCUT2D eigenvalue weighted by Gasteiger charge is -2.24. The molecule has 2 aromatic heterocycles. The number of fused-ring (bicyclic) bond motifs is 2. The van der Waals surface area contributed by atoms with Gasteiger partial charge in [-0.15, -0.1) is 0 Å². The molecule has 2 aromatic carbocycles. The Hall–Kier alpha value is -3.72. The van der Waals surface area contributed by atoms with Crippen LogP contribution in [-0.2, 0) is 27.9 Å². The van der Waals surface area contributed by atoms with Crippen LogP contribution in [0.2, 0.25) is 0 Å². The maximum Gasteiger partial charge on any atom is 0.259 e. The quantitative estimate of drug-likeness (QED) is 0.314. The fraction of sp³-hybridized carbons (Fsp3) is 0.333. The Morgan fingerprint density at radius 1 is 0.921 bits per heavy atom. The number of aromatic nitrogens is 2. The Morgan fingerprint density at radius 2 is 1.55 bits per heavy atom. The van der Waals surface area contributed by atoms with Crippen molar-refractivity contribution in [1.29, 1.82) is 0 Å². The van der Waals surface area contributed by atoms with Crippen molar-refractivity contribution in [2.45, 2.75) is 38.0 Å². The second-order valence-electron chi connectivity index (χ2n) is 10.2. The van der Waals surface area contributed by atoms with Crippen LogP contribution < -0.4 is 5.32 Å². The molecular weight excluding hydrogens is 482 g/mol. The zero-order valence-corrected chi connectivity index (χ0v) is 21.3. The van der Waals surface area contributed by atoms with Gasteiger partial charge in [-0.25, -0.2) is 0 Å². The first-order valence-corrected chi connectivity index (χ1v) is 13.1. The highest BCUT2D eigenvalue weighted by molar-refractivity contribution is 6.50. The molecule has 2 aliphatic heterocycles. The van der Waals surface area contributed by atoms with Gasteiger partial charge in [0.15, 0.2) is 0 Å². The molecule has 4 heterocycles. The molecule has 1 saturated heterocycles. The Bertz CT molecular complexity index is 1580. The van der Waals surface area contributed by atoms with Gasteiger partial charge in [-0.2, -0.15) is 0 Å². The van der Waals surface area contributed by atoms with E-state index >= 15 is 0 Å². The van der Waals surface area contributed by atoms with E-state index in [4.69, 9.17) is 4.74 Å². The summed E-state index contributed by atoms with van der Waals surface area (Å²) in [6.45, 7) is 0.608. The number of nitrogens with one attached hydrogen (secondary N) is 1. The zero-order chi connectivity index (χ0) is 26.4. The van der Waals surface area contributed by atoms with Crippen LogP contribution in [0.15, 0.2) is 60.9 Å². The molecule has 1 fully saturated rings.